The third kappa shape index (κ3) is 2.41. The second kappa shape index (κ2) is 5.48. The fourth-order valence-corrected chi connectivity index (χ4v) is 3.05. The van der Waals surface area contributed by atoms with Gasteiger partial charge >= 0.3 is 0 Å². The first kappa shape index (κ1) is 12.3. The number of ether oxygens (including phenoxy) is 1. The van der Waals surface area contributed by atoms with E-state index in [9.17, 15) is 0 Å². The molecule has 1 aliphatic carbocycles. The number of nitrogens with zero attached hydrogens (tertiary/aromatic N) is 1. The second-order valence-corrected chi connectivity index (χ2v) is 5.40. The van der Waals surface area contributed by atoms with E-state index < -0.39 is 0 Å². The lowest BCUT2D eigenvalue weighted by atomic mass is 9.78. The summed E-state index contributed by atoms with van der Waals surface area (Å²) in [6.07, 6.45) is 5.71. The van der Waals surface area contributed by atoms with Gasteiger partial charge in [-0.25, -0.2) is 0 Å². The van der Waals surface area contributed by atoms with Crippen LogP contribution in [0.5, 0.6) is 0 Å². The van der Waals surface area contributed by atoms with E-state index in [1.54, 1.807) is 0 Å². The highest BCUT2D eigenvalue weighted by atomic mass is 16.5. The van der Waals surface area contributed by atoms with E-state index in [2.05, 4.69) is 18.7 Å². The van der Waals surface area contributed by atoms with Crippen molar-refractivity contribution < 1.29 is 4.74 Å². The molecule has 1 saturated heterocycles. The Kier molecular flexibility index (Phi) is 4.22. The summed E-state index contributed by atoms with van der Waals surface area (Å²) in [5.41, 5.74) is 5.99. The highest BCUT2D eigenvalue weighted by Crippen LogP contribution is 2.34. The predicted octanol–water partition coefficient (Wildman–Crippen LogP) is 1.61. The van der Waals surface area contributed by atoms with Gasteiger partial charge in [-0.05, 0) is 32.1 Å². The second-order valence-electron chi connectivity index (χ2n) is 5.40. The molecule has 0 aromatic heterocycles. The highest BCUT2D eigenvalue weighted by Gasteiger charge is 2.36. The lowest BCUT2D eigenvalue weighted by Crippen LogP contribution is -2.58. The van der Waals surface area contributed by atoms with Gasteiger partial charge in [0.15, 0.2) is 0 Å². The van der Waals surface area contributed by atoms with E-state index in [1.807, 2.05) is 0 Å². The summed E-state index contributed by atoms with van der Waals surface area (Å²) in [5.74, 6) is 0.851. The minimum Gasteiger partial charge on any atom is -0.376 e. The van der Waals surface area contributed by atoms with Gasteiger partial charge in [-0.15, -0.1) is 0 Å². The normalized spacial score (nSPS) is 34.7. The molecule has 2 rings (SSSR count). The van der Waals surface area contributed by atoms with Crippen LogP contribution in [0.15, 0.2) is 0 Å². The molecule has 0 amide bonds. The van der Waals surface area contributed by atoms with Gasteiger partial charge in [-0.2, -0.15) is 0 Å². The molecule has 1 aliphatic heterocycles. The van der Waals surface area contributed by atoms with E-state index in [4.69, 9.17) is 10.5 Å². The van der Waals surface area contributed by atoms with Crippen molar-refractivity contribution in [1.82, 2.24) is 4.90 Å². The largest absolute Gasteiger partial charge is 0.376 e. The summed E-state index contributed by atoms with van der Waals surface area (Å²) in [6, 6.07) is 1.19. The van der Waals surface area contributed by atoms with Gasteiger partial charge in [0.1, 0.15) is 0 Å². The zero-order valence-electron chi connectivity index (χ0n) is 10.7. The third-order valence-electron chi connectivity index (χ3n) is 4.34. The van der Waals surface area contributed by atoms with Crippen LogP contribution in [0.1, 0.15) is 39.5 Å². The Hall–Kier alpha value is -0.120. The maximum atomic E-state index is 5.99. The molecule has 16 heavy (non-hydrogen) atoms. The van der Waals surface area contributed by atoms with Crippen molar-refractivity contribution >= 4 is 0 Å². The van der Waals surface area contributed by atoms with Crippen molar-refractivity contribution in [2.45, 2.75) is 57.7 Å². The molecule has 2 fully saturated rings. The van der Waals surface area contributed by atoms with Crippen LogP contribution in [-0.2, 0) is 4.74 Å². The fraction of sp³-hybridized carbons (Fsp3) is 1.00. The Bertz CT molecular complexity index is 218. The average Bonchev–Trinajstić information content (AvgIpc) is 2.23. The molecular formula is C13H26N2O. The monoisotopic (exact) mass is 226 g/mol. The molecule has 3 heteroatoms. The van der Waals surface area contributed by atoms with Crippen molar-refractivity contribution in [2.24, 2.45) is 11.7 Å². The van der Waals surface area contributed by atoms with Crippen molar-refractivity contribution in [3.8, 4) is 0 Å². The van der Waals surface area contributed by atoms with E-state index in [1.165, 1.54) is 25.7 Å². The van der Waals surface area contributed by atoms with Gasteiger partial charge in [-0.3, -0.25) is 4.90 Å². The summed E-state index contributed by atoms with van der Waals surface area (Å²) < 4.78 is 5.76. The molecule has 0 aromatic carbocycles. The van der Waals surface area contributed by atoms with Gasteiger partial charge in [0.25, 0.3) is 0 Å². The summed E-state index contributed by atoms with van der Waals surface area (Å²) >= 11 is 0. The van der Waals surface area contributed by atoms with Gasteiger partial charge in [0.05, 0.1) is 12.7 Å². The van der Waals surface area contributed by atoms with Gasteiger partial charge < -0.3 is 10.5 Å². The Balaban J connectivity index is 2.01. The van der Waals surface area contributed by atoms with Crippen LogP contribution in [0.3, 0.4) is 0 Å². The van der Waals surface area contributed by atoms with Crippen LogP contribution in [-0.4, -0.2) is 42.8 Å². The van der Waals surface area contributed by atoms with E-state index >= 15 is 0 Å². The topological polar surface area (TPSA) is 38.5 Å². The molecule has 2 N–H and O–H groups in total. The molecular weight excluding hydrogens is 200 g/mol. The zero-order valence-corrected chi connectivity index (χ0v) is 10.7. The van der Waals surface area contributed by atoms with Crippen molar-refractivity contribution in [3.05, 3.63) is 0 Å². The van der Waals surface area contributed by atoms with Crippen LogP contribution in [0.4, 0.5) is 0 Å². The molecule has 0 radical (unpaired) electrons. The molecule has 0 bridgehead atoms. The SMILES string of the molecule is CCC1COC(C)CN1C(CN)C1CCC1. The predicted molar refractivity (Wildman–Crippen MR) is 66.4 cm³/mol. The first-order chi connectivity index (χ1) is 7.76. The summed E-state index contributed by atoms with van der Waals surface area (Å²) in [6.45, 7) is 7.20. The lowest BCUT2D eigenvalue weighted by Gasteiger charge is -2.47. The Morgan fingerprint density at radius 3 is 2.69 bits per heavy atom. The minimum atomic E-state index is 0.372. The van der Waals surface area contributed by atoms with E-state index in [0.29, 0.717) is 18.2 Å². The molecule has 1 heterocycles. The van der Waals surface area contributed by atoms with Crippen LogP contribution in [0.2, 0.25) is 0 Å². The van der Waals surface area contributed by atoms with E-state index in [0.717, 1.165) is 25.6 Å². The van der Waals surface area contributed by atoms with Crippen LogP contribution in [0, 0.1) is 5.92 Å². The van der Waals surface area contributed by atoms with Crippen LogP contribution >= 0.6 is 0 Å². The average molecular weight is 226 g/mol. The quantitative estimate of drug-likeness (QED) is 0.791. The fourth-order valence-electron chi connectivity index (χ4n) is 3.05. The van der Waals surface area contributed by atoms with Gasteiger partial charge in [0.2, 0.25) is 0 Å². The number of nitrogens with two attached hydrogens (primary N) is 1. The zero-order chi connectivity index (χ0) is 11.5. The number of rotatable bonds is 4. The maximum Gasteiger partial charge on any atom is 0.0674 e. The first-order valence-corrected chi connectivity index (χ1v) is 6.83. The van der Waals surface area contributed by atoms with Crippen molar-refractivity contribution in [1.29, 1.82) is 0 Å². The Morgan fingerprint density at radius 2 is 2.19 bits per heavy atom. The Morgan fingerprint density at radius 1 is 1.44 bits per heavy atom. The summed E-state index contributed by atoms with van der Waals surface area (Å²) in [7, 11) is 0. The first-order valence-electron chi connectivity index (χ1n) is 6.83. The lowest BCUT2D eigenvalue weighted by molar-refractivity contribution is -0.0855. The molecule has 2 aliphatic rings. The van der Waals surface area contributed by atoms with Crippen molar-refractivity contribution in [2.75, 3.05) is 19.7 Å². The summed E-state index contributed by atoms with van der Waals surface area (Å²) in [5, 5.41) is 0. The van der Waals surface area contributed by atoms with Crippen LogP contribution < -0.4 is 5.73 Å². The van der Waals surface area contributed by atoms with Crippen LogP contribution in [0.25, 0.3) is 0 Å². The number of morpholine rings is 1. The Labute approximate surface area is 99.3 Å². The highest BCUT2D eigenvalue weighted by molar-refractivity contribution is 4.90. The number of hydrogen-bond donors (Lipinski definition) is 1. The summed E-state index contributed by atoms with van der Waals surface area (Å²) in [4.78, 5) is 2.64. The molecule has 1 saturated carbocycles. The molecule has 3 atom stereocenters. The maximum absolute atomic E-state index is 5.99. The smallest absolute Gasteiger partial charge is 0.0674 e. The third-order valence-corrected chi connectivity index (χ3v) is 4.34. The van der Waals surface area contributed by atoms with Gasteiger partial charge in [0, 0.05) is 25.2 Å². The molecule has 0 spiro atoms. The minimum absolute atomic E-state index is 0.372. The van der Waals surface area contributed by atoms with Gasteiger partial charge in [-0.1, -0.05) is 13.3 Å². The number of hydrogen-bond acceptors (Lipinski definition) is 3. The van der Waals surface area contributed by atoms with E-state index in [-0.39, 0.29) is 0 Å². The molecule has 94 valence electrons. The van der Waals surface area contributed by atoms with Crippen molar-refractivity contribution in [3.63, 3.8) is 0 Å². The standard InChI is InChI=1S/C13H26N2O/c1-3-12-9-16-10(2)8-15(12)13(7-14)11-5-4-6-11/h10-13H,3-9,14H2,1-2H3. The molecule has 0 aromatic rings. The molecule has 3 unspecified atom stereocenters. The molecule has 3 nitrogen and oxygen atoms in total.